The molecule has 1 aromatic heterocycles. The molecule has 0 aromatic carbocycles. The van der Waals surface area contributed by atoms with E-state index in [1.807, 2.05) is 12.3 Å². The maximum absolute atomic E-state index is 9.74. The van der Waals surface area contributed by atoms with Crippen LogP contribution in [0.5, 0.6) is 5.75 Å². The van der Waals surface area contributed by atoms with Crippen LogP contribution in [-0.4, -0.2) is 35.4 Å². The first kappa shape index (κ1) is 10.8. The summed E-state index contributed by atoms with van der Waals surface area (Å²) in [5.74, 6) is 2.24. The molecule has 0 aliphatic carbocycles. The summed E-state index contributed by atoms with van der Waals surface area (Å²) in [5.41, 5.74) is 1.20. The molecule has 4 heteroatoms. The summed E-state index contributed by atoms with van der Waals surface area (Å²) in [6, 6.07) is 2.31. The normalized spacial score (nSPS) is 26.7. The van der Waals surface area contributed by atoms with Gasteiger partial charge in [0.15, 0.2) is 11.6 Å². The molecule has 92 valence electrons. The summed E-state index contributed by atoms with van der Waals surface area (Å²) in [6.07, 6.45) is 2.37. The van der Waals surface area contributed by atoms with Gasteiger partial charge in [-0.1, -0.05) is 13.8 Å². The van der Waals surface area contributed by atoms with E-state index in [0.717, 1.165) is 18.0 Å². The highest BCUT2D eigenvalue weighted by atomic mass is 16.5. The Morgan fingerprint density at radius 2 is 2.35 bits per heavy atom. The van der Waals surface area contributed by atoms with Crippen molar-refractivity contribution in [2.75, 3.05) is 18.1 Å². The van der Waals surface area contributed by atoms with Crippen molar-refractivity contribution in [3.63, 3.8) is 0 Å². The van der Waals surface area contributed by atoms with Gasteiger partial charge in [-0.05, 0) is 18.4 Å². The van der Waals surface area contributed by atoms with Crippen LogP contribution in [-0.2, 0) is 0 Å². The fourth-order valence-corrected chi connectivity index (χ4v) is 2.75. The lowest BCUT2D eigenvalue weighted by Crippen LogP contribution is -2.39. The minimum atomic E-state index is -0.251. The van der Waals surface area contributed by atoms with Gasteiger partial charge in [-0.2, -0.15) is 0 Å². The van der Waals surface area contributed by atoms with Gasteiger partial charge in [-0.15, -0.1) is 0 Å². The maximum atomic E-state index is 9.74. The van der Waals surface area contributed by atoms with Gasteiger partial charge in [0.05, 0.1) is 12.1 Å². The molecular weight excluding hydrogens is 216 g/mol. The second kappa shape index (κ2) is 3.88. The molecule has 0 spiro atoms. The Hall–Kier alpha value is -1.29. The molecule has 1 N–H and O–H groups in total. The molecule has 1 fully saturated rings. The highest BCUT2D eigenvalue weighted by Crippen LogP contribution is 2.40. The van der Waals surface area contributed by atoms with E-state index in [9.17, 15) is 5.11 Å². The second-order valence-corrected chi connectivity index (χ2v) is 5.21. The van der Waals surface area contributed by atoms with E-state index in [1.54, 1.807) is 0 Å². The predicted octanol–water partition coefficient (Wildman–Crippen LogP) is 1.54. The Bertz CT molecular complexity index is 433. The lowest BCUT2D eigenvalue weighted by Gasteiger charge is -2.33. The minimum Gasteiger partial charge on any atom is -0.487 e. The Morgan fingerprint density at radius 1 is 1.53 bits per heavy atom. The van der Waals surface area contributed by atoms with Gasteiger partial charge < -0.3 is 14.7 Å². The molecule has 1 aromatic rings. The third-order valence-corrected chi connectivity index (χ3v) is 3.62. The summed E-state index contributed by atoms with van der Waals surface area (Å²) in [4.78, 5) is 6.62. The quantitative estimate of drug-likeness (QED) is 0.800. The van der Waals surface area contributed by atoms with E-state index in [1.165, 1.54) is 5.56 Å². The molecule has 0 amide bonds. The number of ether oxygens (including phenoxy) is 1. The van der Waals surface area contributed by atoms with E-state index in [2.05, 4.69) is 23.7 Å². The fourth-order valence-electron chi connectivity index (χ4n) is 2.75. The smallest absolute Gasteiger partial charge is 0.172 e. The molecule has 17 heavy (non-hydrogen) atoms. The summed E-state index contributed by atoms with van der Waals surface area (Å²) in [5, 5.41) is 9.74. The lowest BCUT2D eigenvalue weighted by atomic mass is 10.0. The second-order valence-electron chi connectivity index (χ2n) is 5.21. The number of rotatable bonds is 1. The van der Waals surface area contributed by atoms with E-state index in [-0.39, 0.29) is 12.1 Å². The van der Waals surface area contributed by atoms with Gasteiger partial charge in [0.25, 0.3) is 0 Å². The minimum absolute atomic E-state index is 0.251. The molecule has 0 radical (unpaired) electrons. The molecule has 0 bridgehead atoms. The van der Waals surface area contributed by atoms with E-state index >= 15 is 0 Å². The number of nitrogens with zero attached hydrogens (tertiary/aromatic N) is 2. The molecule has 0 unspecified atom stereocenters. The van der Waals surface area contributed by atoms with Crippen molar-refractivity contribution in [2.45, 2.75) is 38.3 Å². The van der Waals surface area contributed by atoms with Crippen LogP contribution in [0.4, 0.5) is 5.82 Å². The van der Waals surface area contributed by atoms with Crippen molar-refractivity contribution in [3.8, 4) is 5.75 Å². The number of hydrogen-bond donors (Lipinski definition) is 1. The Morgan fingerprint density at radius 3 is 3.12 bits per heavy atom. The number of aliphatic hydroxyl groups excluding tert-OH is 1. The standard InChI is InChI=1S/C13H18N2O2/c1-8(2)11-3-4-14-13-12(11)17-7-9-5-10(16)6-15(9)13/h3-4,8-10,16H,5-7H2,1-2H3/t9-,10-/m0/s1. The summed E-state index contributed by atoms with van der Waals surface area (Å²) in [7, 11) is 0. The highest BCUT2D eigenvalue weighted by molar-refractivity contribution is 5.60. The van der Waals surface area contributed by atoms with Crippen LogP contribution >= 0.6 is 0 Å². The Kier molecular flexibility index (Phi) is 2.47. The van der Waals surface area contributed by atoms with E-state index in [4.69, 9.17) is 4.74 Å². The number of aromatic nitrogens is 1. The molecule has 4 nitrogen and oxygen atoms in total. The van der Waals surface area contributed by atoms with Crippen LogP contribution in [0.3, 0.4) is 0 Å². The van der Waals surface area contributed by atoms with E-state index in [0.29, 0.717) is 19.1 Å². The molecule has 1 saturated heterocycles. The number of fused-ring (bicyclic) bond motifs is 3. The number of anilines is 1. The number of pyridine rings is 1. The molecule has 3 heterocycles. The van der Waals surface area contributed by atoms with Gasteiger partial charge in [0.1, 0.15) is 6.61 Å². The molecule has 2 aliphatic heterocycles. The molecule has 0 saturated carbocycles. The first-order valence-corrected chi connectivity index (χ1v) is 6.23. The SMILES string of the molecule is CC(C)c1ccnc2c1OC[C@@H]1C[C@H](O)CN21. The average molecular weight is 234 g/mol. The van der Waals surface area contributed by atoms with Crippen molar-refractivity contribution < 1.29 is 9.84 Å². The van der Waals surface area contributed by atoms with Crippen molar-refractivity contribution in [2.24, 2.45) is 0 Å². The molecular formula is C13H18N2O2. The van der Waals surface area contributed by atoms with Crippen LogP contribution < -0.4 is 9.64 Å². The summed E-state index contributed by atoms with van der Waals surface area (Å²) >= 11 is 0. The zero-order chi connectivity index (χ0) is 12.0. The third-order valence-electron chi connectivity index (χ3n) is 3.62. The van der Waals surface area contributed by atoms with Gasteiger partial charge in [-0.25, -0.2) is 4.98 Å². The predicted molar refractivity (Wildman–Crippen MR) is 65.6 cm³/mol. The van der Waals surface area contributed by atoms with Gasteiger partial charge in [-0.3, -0.25) is 0 Å². The molecule has 2 aliphatic rings. The van der Waals surface area contributed by atoms with Gasteiger partial charge in [0.2, 0.25) is 0 Å². The van der Waals surface area contributed by atoms with Crippen LogP contribution in [0.25, 0.3) is 0 Å². The maximum Gasteiger partial charge on any atom is 0.172 e. The average Bonchev–Trinajstić information content (AvgIpc) is 2.68. The van der Waals surface area contributed by atoms with Crippen LogP contribution in [0.15, 0.2) is 12.3 Å². The lowest BCUT2D eigenvalue weighted by molar-refractivity contribution is 0.187. The fraction of sp³-hybridized carbons (Fsp3) is 0.615. The van der Waals surface area contributed by atoms with Gasteiger partial charge >= 0.3 is 0 Å². The van der Waals surface area contributed by atoms with Gasteiger partial charge in [0, 0.05) is 18.3 Å². The first-order chi connectivity index (χ1) is 8.16. The number of aliphatic hydroxyl groups is 1. The zero-order valence-electron chi connectivity index (χ0n) is 10.3. The number of hydrogen-bond acceptors (Lipinski definition) is 4. The largest absolute Gasteiger partial charge is 0.487 e. The monoisotopic (exact) mass is 234 g/mol. The highest BCUT2D eigenvalue weighted by Gasteiger charge is 2.37. The topological polar surface area (TPSA) is 45.6 Å². The zero-order valence-corrected chi connectivity index (χ0v) is 10.3. The van der Waals surface area contributed by atoms with Crippen LogP contribution in [0, 0.1) is 0 Å². The van der Waals surface area contributed by atoms with Crippen molar-refractivity contribution in [3.05, 3.63) is 17.8 Å². The Balaban J connectivity index is 2.04. The molecule has 2 atom stereocenters. The van der Waals surface area contributed by atoms with Crippen LogP contribution in [0.1, 0.15) is 31.7 Å². The van der Waals surface area contributed by atoms with E-state index < -0.39 is 0 Å². The Labute approximate surface area is 101 Å². The van der Waals surface area contributed by atoms with Crippen molar-refractivity contribution in [1.29, 1.82) is 0 Å². The van der Waals surface area contributed by atoms with Crippen molar-refractivity contribution in [1.82, 2.24) is 4.98 Å². The first-order valence-electron chi connectivity index (χ1n) is 6.23. The third kappa shape index (κ3) is 1.67. The molecule has 3 rings (SSSR count). The summed E-state index contributed by atoms with van der Waals surface area (Å²) < 4.78 is 5.86. The summed E-state index contributed by atoms with van der Waals surface area (Å²) in [6.45, 7) is 5.65. The van der Waals surface area contributed by atoms with Crippen LogP contribution in [0.2, 0.25) is 0 Å². The van der Waals surface area contributed by atoms with Crippen molar-refractivity contribution >= 4 is 5.82 Å².